The van der Waals surface area contributed by atoms with Crippen molar-refractivity contribution in [2.24, 2.45) is 0 Å². The van der Waals surface area contributed by atoms with Crippen molar-refractivity contribution in [3.63, 3.8) is 0 Å². The van der Waals surface area contributed by atoms with E-state index in [9.17, 15) is 4.46 Å². The van der Waals surface area contributed by atoms with Crippen LogP contribution in [0, 0.1) is 0 Å². The Hall–Kier alpha value is 0.428. The summed E-state index contributed by atoms with van der Waals surface area (Å²) >= 11 is 0. The second kappa shape index (κ2) is 6.89. The first-order valence-electron chi connectivity index (χ1n) is 3.60. The second-order valence-electron chi connectivity index (χ2n) is 2.53. The van der Waals surface area contributed by atoms with E-state index >= 15 is 0 Å². The van der Waals surface area contributed by atoms with Gasteiger partial charge in [-0.25, -0.2) is 0 Å². The zero-order chi connectivity index (χ0) is 9.56. The molecule has 0 bridgehead atoms. The van der Waals surface area contributed by atoms with Gasteiger partial charge >= 0.3 is 9.65 Å². The molecule has 0 fully saturated rings. The smallest absolute Gasteiger partial charge is 0.518 e. The van der Waals surface area contributed by atoms with E-state index in [1.165, 1.54) is 0 Å². The predicted octanol–water partition coefficient (Wildman–Crippen LogP) is -0.138. The monoisotopic (exact) mass is 232 g/mol. The van der Waals surface area contributed by atoms with E-state index in [4.69, 9.17) is 8.85 Å². The van der Waals surface area contributed by atoms with Gasteiger partial charge in [0.05, 0.1) is 14.4 Å². The van der Waals surface area contributed by atoms with Gasteiger partial charge in [0.15, 0.2) is 8.08 Å². The van der Waals surface area contributed by atoms with Crippen LogP contribution in [0.3, 0.4) is 0 Å². The van der Waals surface area contributed by atoms with Crippen molar-refractivity contribution in [1.29, 1.82) is 0 Å². The Morgan fingerprint density at radius 3 is 2.67 bits per heavy atom. The molecule has 0 saturated carbocycles. The zero-order valence-electron chi connectivity index (χ0n) is 7.51. The summed E-state index contributed by atoms with van der Waals surface area (Å²) in [7, 11) is 3.34. The van der Waals surface area contributed by atoms with Crippen molar-refractivity contribution < 1.29 is 13.3 Å². The summed E-state index contributed by atoms with van der Waals surface area (Å²) < 4.78 is 20.3. The molecule has 12 heavy (non-hydrogen) atoms. The van der Waals surface area contributed by atoms with E-state index in [0.717, 1.165) is 6.04 Å². The van der Waals surface area contributed by atoms with Crippen molar-refractivity contribution in [2.45, 2.75) is 25.6 Å². The second-order valence-corrected chi connectivity index (χ2v) is 12.8. The molecule has 0 rings (SSSR count). The van der Waals surface area contributed by atoms with Gasteiger partial charge in [0.25, 0.3) is 0 Å². The average Bonchev–Trinajstić information content (AvgIpc) is 2.03. The molecule has 0 N–H and O–H groups in total. The fraction of sp³-hybridized carbons (Fsp3) is 1.00. The van der Waals surface area contributed by atoms with Gasteiger partial charge < -0.3 is 13.3 Å². The molecular formula is C5H12O3Si4. The first-order chi connectivity index (χ1) is 5.61. The Bertz CT molecular complexity index is 134. The highest BCUT2D eigenvalue weighted by atomic mass is 29.6. The highest BCUT2D eigenvalue weighted by Gasteiger charge is 2.19. The van der Waals surface area contributed by atoms with E-state index in [0.29, 0.717) is 0 Å². The van der Waals surface area contributed by atoms with Crippen LogP contribution in [-0.2, 0) is 13.3 Å². The van der Waals surface area contributed by atoms with Crippen LogP contribution in [-0.4, -0.2) is 49.0 Å². The third kappa shape index (κ3) is 5.14. The Morgan fingerprint density at radius 2 is 2.25 bits per heavy atom. The average molecular weight is 232 g/mol. The quantitative estimate of drug-likeness (QED) is 0.598. The summed E-state index contributed by atoms with van der Waals surface area (Å²) in [5, 5.41) is 0. The van der Waals surface area contributed by atoms with E-state index in [1.54, 1.807) is 7.11 Å². The van der Waals surface area contributed by atoms with Gasteiger partial charge in [-0.1, -0.05) is 6.55 Å². The first-order valence-corrected chi connectivity index (χ1v) is 10.5. The summed E-state index contributed by atoms with van der Waals surface area (Å²) in [5.41, 5.74) is 0. The summed E-state index contributed by atoms with van der Waals surface area (Å²) in [6.07, 6.45) is 0.0891. The molecule has 0 saturated heterocycles. The molecule has 7 heteroatoms. The Labute approximate surface area is 82.2 Å². The Balaban J connectivity index is 3.66. The van der Waals surface area contributed by atoms with Crippen LogP contribution in [0.1, 0.15) is 6.92 Å². The number of hydrogen-bond donors (Lipinski definition) is 0. The standard InChI is InChI=1S/C5H12O3Si4/c1-5(8-10-6)4-11(3)12(9)7-2/h5H,4H2,1-3H3. The lowest BCUT2D eigenvalue weighted by Gasteiger charge is -2.17. The molecule has 0 aromatic carbocycles. The number of rotatable bonds is 6. The van der Waals surface area contributed by atoms with Gasteiger partial charge in [-0.2, -0.15) is 0 Å². The molecule has 0 amide bonds. The van der Waals surface area contributed by atoms with Crippen molar-refractivity contribution in [3.05, 3.63) is 0 Å². The zero-order valence-corrected chi connectivity index (χ0v) is 11.5. The van der Waals surface area contributed by atoms with Crippen molar-refractivity contribution in [2.75, 3.05) is 7.11 Å². The van der Waals surface area contributed by atoms with Crippen molar-refractivity contribution in [3.8, 4) is 0 Å². The Kier molecular flexibility index (Phi) is 7.14. The molecule has 66 valence electrons. The maximum atomic E-state index is 10.1. The van der Waals surface area contributed by atoms with Crippen LogP contribution in [0.4, 0.5) is 0 Å². The molecule has 0 aliphatic heterocycles. The minimum Gasteiger partial charge on any atom is -0.518 e. The fourth-order valence-corrected chi connectivity index (χ4v) is 6.10. The molecule has 6 radical (unpaired) electrons. The summed E-state index contributed by atoms with van der Waals surface area (Å²) in [4.78, 5) is 0. The third-order valence-corrected chi connectivity index (χ3v) is 12.3. The molecule has 0 aliphatic rings. The molecule has 3 nitrogen and oxygen atoms in total. The molecule has 1 unspecified atom stereocenters. The molecule has 0 heterocycles. The predicted molar refractivity (Wildman–Crippen MR) is 51.9 cm³/mol. The maximum absolute atomic E-state index is 10.1. The lowest BCUT2D eigenvalue weighted by atomic mass is 10.5. The topological polar surface area (TPSA) is 35.5 Å². The van der Waals surface area contributed by atoms with Gasteiger partial charge in [-0.15, -0.1) is 0 Å². The van der Waals surface area contributed by atoms with E-state index in [1.807, 2.05) is 6.92 Å². The largest absolute Gasteiger partial charge is 0.594 e. The van der Waals surface area contributed by atoms with Crippen LogP contribution < -0.4 is 0 Å². The minimum absolute atomic E-state index is 0.0891. The van der Waals surface area contributed by atoms with Crippen molar-refractivity contribution in [1.82, 2.24) is 0 Å². The van der Waals surface area contributed by atoms with Gasteiger partial charge in [-0.3, -0.25) is 0 Å². The summed E-state index contributed by atoms with van der Waals surface area (Å²) in [6, 6.07) is 0.978. The van der Waals surface area contributed by atoms with Gasteiger partial charge in [0, 0.05) is 16.9 Å². The van der Waals surface area contributed by atoms with Crippen molar-refractivity contribution >= 4 is 35.8 Å². The maximum Gasteiger partial charge on any atom is 0.594 e. The van der Waals surface area contributed by atoms with E-state index < -0.39 is 26.0 Å². The minimum atomic E-state index is -0.791. The van der Waals surface area contributed by atoms with Crippen LogP contribution in [0.15, 0.2) is 0 Å². The van der Waals surface area contributed by atoms with E-state index in [-0.39, 0.29) is 6.10 Å². The molecule has 0 aliphatic carbocycles. The summed E-state index contributed by atoms with van der Waals surface area (Å²) in [6.45, 7) is 4.14. The van der Waals surface area contributed by atoms with Gasteiger partial charge in [0.2, 0.25) is 0 Å². The molecular weight excluding hydrogens is 220 g/mol. The first kappa shape index (κ1) is 12.4. The summed E-state index contributed by atoms with van der Waals surface area (Å²) in [5.74, 6) is 0. The molecule has 0 aromatic heterocycles. The SMILES string of the molecule is CO[Si]([Si])[Si](C)CC(C)O[Si]=O. The third-order valence-electron chi connectivity index (χ3n) is 1.43. The normalized spacial score (nSPS) is 13.5. The van der Waals surface area contributed by atoms with E-state index in [2.05, 4.69) is 16.3 Å². The molecule has 0 spiro atoms. The lowest BCUT2D eigenvalue weighted by molar-refractivity contribution is 0.237. The number of hydrogen-bond acceptors (Lipinski definition) is 3. The van der Waals surface area contributed by atoms with Gasteiger partial charge in [-0.05, 0) is 13.0 Å². The fourth-order valence-electron chi connectivity index (χ4n) is 0.822. The lowest BCUT2D eigenvalue weighted by Crippen LogP contribution is -2.38. The highest BCUT2D eigenvalue weighted by molar-refractivity contribution is 7.38. The van der Waals surface area contributed by atoms with Crippen LogP contribution in [0.5, 0.6) is 0 Å². The van der Waals surface area contributed by atoms with Gasteiger partial charge in [0.1, 0.15) is 0 Å². The molecule has 1 atom stereocenters. The van der Waals surface area contributed by atoms with Crippen LogP contribution in [0.2, 0.25) is 12.6 Å². The Morgan fingerprint density at radius 1 is 1.67 bits per heavy atom. The molecule has 0 aromatic rings. The van der Waals surface area contributed by atoms with Crippen LogP contribution in [0.25, 0.3) is 0 Å². The highest BCUT2D eigenvalue weighted by Crippen LogP contribution is 2.03. The van der Waals surface area contributed by atoms with Crippen LogP contribution >= 0.6 is 0 Å².